The van der Waals surface area contributed by atoms with E-state index < -0.39 is 0 Å². The summed E-state index contributed by atoms with van der Waals surface area (Å²) in [7, 11) is 1.64. The maximum absolute atomic E-state index is 11.7. The number of aromatic nitrogens is 2. The average molecular weight is 335 g/mol. The van der Waals surface area contributed by atoms with Crippen LogP contribution in [0.3, 0.4) is 0 Å². The van der Waals surface area contributed by atoms with Crippen LogP contribution in [0, 0.1) is 5.92 Å². The number of carbonyl (C=O) groups excluding carboxylic acids is 1. The van der Waals surface area contributed by atoms with Crippen molar-refractivity contribution in [1.82, 2.24) is 15.3 Å². The van der Waals surface area contributed by atoms with Gasteiger partial charge >= 0.3 is 0 Å². The summed E-state index contributed by atoms with van der Waals surface area (Å²) in [5.74, 6) is 2.60. The van der Waals surface area contributed by atoms with E-state index in [-0.39, 0.29) is 5.91 Å². The lowest BCUT2D eigenvalue weighted by atomic mass is 9.92. The molecule has 0 bridgehead atoms. The molecule has 7 heteroatoms. The fourth-order valence-electron chi connectivity index (χ4n) is 2.96. The molecule has 24 heavy (non-hydrogen) atoms. The van der Waals surface area contributed by atoms with Gasteiger partial charge in [-0.15, -0.1) is 0 Å². The maximum Gasteiger partial charge on any atom is 0.220 e. The highest BCUT2D eigenvalue weighted by Gasteiger charge is 2.21. The fourth-order valence-corrected chi connectivity index (χ4v) is 2.96. The Balaban J connectivity index is 1.71. The van der Waals surface area contributed by atoms with Gasteiger partial charge in [0.05, 0.1) is 6.61 Å². The van der Waals surface area contributed by atoms with E-state index in [4.69, 9.17) is 4.74 Å². The molecule has 0 unspecified atom stereocenters. The number of rotatable bonds is 9. The van der Waals surface area contributed by atoms with Crippen LogP contribution < -0.4 is 15.5 Å². The molecule has 134 valence electrons. The van der Waals surface area contributed by atoms with Gasteiger partial charge in [-0.25, -0.2) is 9.97 Å². The van der Waals surface area contributed by atoms with Gasteiger partial charge in [-0.3, -0.25) is 4.79 Å². The van der Waals surface area contributed by atoms with Crippen molar-refractivity contribution in [2.75, 3.05) is 50.1 Å². The predicted molar refractivity (Wildman–Crippen MR) is 95.3 cm³/mol. The minimum atomic E-state index is 0.126. The predicted octanol–water partition coefficient (Wildman–Crippen LogP) is 1.67. The Kier molecular flexibility index (Phi) is 7.74. The minimum Gasteiger partial charge on any atom is -0.383 e. The molecule has 1 aliphatic heterocycles. The standard InChI is InChI=1S/C17H29N5O2/c1-3-18-15-12-16(21-13-20-15)22-9-6-14(7-10-22)4-5-17(23)19-8-11-24-2/h12-14H,3-11H2,1-2H3,(H,19,23)(H,18,20,21). The average Bonchev–Trinajstić information content (AvgIpc) is 2.61. The van der Waals surface area contributed by atoms with Crippen LogP contribution in [0.2, 0.25) is 0 Å². The second-order valence-corrected chi connectivity index (χ2v) is 6.10. The molecule has 0 spiro atoms. The van der Waals surface area contributed by atoms with Gasteiger partial charge in [0, 0.05) is 45.8 Å². The van der Waals surface area contributed by atoms with Crippen LogP contribution in [-0.2, 0) is 9.53 Å². The van der Waals surface area contributed by atoms with Crippen molar-refractivity contribution in [2.24, 2.45) is 5.92 Å². The molecular formula is C17H29N5O2. The number of carbonyl (C=O) groups is 1. The molecule has 0 saturated carbocycles. The van der Waals surface area contributed by atoms with Gasteiger partial charge in [-0.1, -0.05) is 0 Å². The third kappa shape index (κ3) is 5.96. The monoisotopic (exact) mass is 335 g/mol. The van der Waals surface area contributed by atoms with E-state index in [0.717, 1.165) is 50.5 Å². The second-order valence-electron chi connectivity index (χ2n) is 6.10. The molecule has 2 N–H and O–H groups in total. The largest absolute Gasteiger partial charge is 0.383 e. The summed E-state index contributed by atoms with van der Waals surface area (Å²) in [6, 6.07) is 2.01. The van der Waals surface area contributed by atoms with E-state index in [2.05, 4.69) is 32.4 Å². The third-order valence-corrected chi connectivity index (χ3v) is 4.36. The number of ether oxygens (including phenoxy) is 1. The van der Waals surface area contributed by atoms with Crippen molar-refractivity contribution < 1.29 is 9.53 Å². The Labute approximate surface area is 144 Å². The lowest BCUT2D eigenvalue weighted by Gasteiger charge is -2.32. The number of amides is 1. The Morgan fingerprint density at radius 1 is 1.38 bits per heavy atom. The van der Waals surface area contributed by atoms with E-state index in [0.29, 0.717) is 25.5 Å². The molecule has 1 saturated heterocycles. The molecule has 1 amide bonds. The van der Waals surface area contributed by atoms with Crippen LogP contribution in [0.15, 0.2) is 12.4 Å². The summed E-state index contributed by atoms with van der Waals surface area (Å²) in [6.45, 7) is 6.04. The summed E-state index contributed by atoms with van der Waals surface area (Å²) in [5, 5.41) is 6.10. The zero-order valence-electron chi connectivity index (χ0n) is 14.8. The van der Waals surface area contributed by atoms with Crippen molar-refractivity contribution in [3.05, 3.63) is 12.4 Å². The number of hydrogen-bond donors (Lipinski definition) is 2. The minimum absolute atomic E-state index is 0.126. The topological polar surface area (TPSA) is 79.4 Å². The Bertz CT molecular complexity index is 504. The maximum atomic E-state index is 11.7. The Morgan fingerprint density at radius 2 is 2.17 bits per heavy atom. The Hall–Kier alpha value is -1.89. The van der Waals surface area contributed by atoms with E-state index in [9.17, 15) is 4.79 Å². The molecule has 0 atom stereocenters. The molecule has 1 aromatic rings. The first-order valence-electron chi connectivity index (χ1n) is 8.79. The van der Waals surface area contributed by atoms with E-state index in [1.807, 2.05) is 6.07 Å². The lowest BCUT2D eigenvalue weighted by molar-refractivity contribution is -0.121. The van der Waals surface area contributed by atoms with Crippen LogP contribution in [0.1, 0.15) is 32.6 Å². The van der Waals surface area contributed by atoms with Gasteiger partial charge in [0.25, 0.3) is 0 Å². The SMILES string of the molecule is CCNc1cc(N2CCC(CCC(=O)NCCOC)CC2)ncn1. The summed E-state index contributed by atoms with van der Waals surface area (Å²) >= 11 is 0. The molecule has 2 rings (SSSR count). The molecule has 1 aliphatic rings. The number of nitrogens with one attached hydrogen (secondary N) is 2. The van der Waals surface area contributed by atoms with Crippen molar-refractivity contribution in [1.29, 1.82) is 0 Å². The molecule has 0 aliphatic carbocycles. The molecule has 0 aromatic carbocycles. The normalized spacial score (nSPS) is 15.3. The van der Waals surface area contributed by atoms with Crippen molar-refractivity contribution >= 4 is 17.5 Å². The van der Waals surface area contributed by atoms with Gasteiger partial charge in [0.2, 0.25) is 5.91 Å². The fraction of sp³-hybridized carbons (Fsp3) is 0.706. The molecule has 1 fully saturated rings. The smallest absolute Gasteiger partial charge is 0.220 e. The first-order chi connectivity index (χ1) is 11.7. The highest BCUT2D eigenvalue weighted by molar-refractivity contribution is 5.75. The van der Waals surface area contributed by atoms with Gasteiger partial charge in [-0.2, -0.15) is 0 Å². The molecular weight excluding hydrogens is 306 g/mol. The van der Waals surface area contributed by atoms with Crippen LogP contribution >= 0.6 is 0 Å². The molecule has 7 nitrogen and oxygen atoms in total. The first kappa shape index (κ1) is 18.4. The van der Waals surface area contributed by atoms with Crippen LogP contribution in [0.5, 0.6) is 0 Å². The Morgan fingerprint density at radius 3 is 2.88 bits per heavy atom. The van der Waals surface area contributed by atoms with Crippen molar-refractivity contribution in [2.45, 2.75) is 32.6 Å². The number of piperidine rings is 1. The van der Waals surface area contributed by atoms with Gasteiger partial charge in [0.1, 0.15) is 18.0 Å². The number of hydrogen-bond acceptors (Lipinski definition) is 6. The summed E-state index contributed by atoms with van der Waals surface area (Å²) in [5.41, 5.74) is 0. The van der Waals surface area contributed by atoms with Gasteiger partial charge in [0.15, 0.2) is 0 Å². The second kappa shape index (κ2) is 10.1. The highest BCUT2D eigenvalue weighted by atomic mass is 16.5. The van der Waals surface area contributed by atoms with Crippen LogP contribution in [-0.4, -0.2) is 55.8 Å². The van der Waals surface area contributed by atoms with E-state index in [1.165, 1.54) is 0 Å². The summed E-state index contributed by atoms with van der Waals surface area (Å²) in [6.07, 6.45) is 5.38. The summed E-state index contributed by atoms with van der Waals surface area (Å²) in [4.78, 5) is 22.6. The molecule has 2 heterocycles. The van der Waals surface area contributed by atoms with Crippen LogP contribution in [0.4, 0.5) is 11.6 Å². The number of anilines is 2. The quantitative estimate of drug-likeness (QED) is 0.668. The van der Waals surface area contributed by atoms with Gasteiger partial charge in [-0.05, 0) is 32.1 Å². The summed E-state index contributed by atoms with van der Waals surface area (Å²) < 4.78 is 4.93. The van der Waals surface area contributed by atoms with Crippen LogP contribution in [0.25, 0.3) is 0 Å². The zero-order valence-corrected chi connectivity index (χ0v) is 14.8. The van der Waals surface area contributed by atoms with E-state index >= 15 is 0 Å². The van der Waals surface area contributed by atoms with Crippen molar-refractivity contribution in [3.8, 4) is 0 Å². The first-order valence-corrected chi connectivity index (χ1v) is 8.79. The van der Waals surface area contributed by atoms with E-state index in [1.54, 1.807) is 13.4 Å². The molecule has 0 radical (unpaired) electrons. The number of methoxy groups -OCH3 is 1. The highest BCUT2D eigenvalue weighted by Crippen LogP contribution is 2.25. The zero-order chi connectivity index (χ0) is 17.2. The van der Waals surface area contributed by atoms with Gasteiger partial charge < -0.3 is 20.3 Å². The third-order valence-electron chi connectivity index (χ3n) is 4.36. The van der Waals surface area contributed by atoms with Crippen molar-refractivity contribution in [3.63, 3.8) is 0 Å². The molecule has 1 aromatic heterocycles. The number of nitrogens with zero attached hydrogens (tertiary/aromatic N) is 3. The lowest BCUT2D eigenvalue weighted by Crippen LogP contribution is -2.35.